The van der Waals surface area contributed by atoms with E-state index in [0.29, 0.717) is 5.69 Å². The van der Waals surface area contributed by atoms with E-state index >= 15 is 0 Å². The number of benzene rings is 1. The summed E-state index contributed by atoms with van der Waals surface area (Å²) < 4.78 is 39.3. The van der Waals surface area contributed by atoms with Gasteiger partial charge in [-0.2, -0.15) is 0 Å². The predicted octanol–water partition coefficient (Wildman–Crippen LogP) is 2.10. The lowest BCUT2D eigenvalue weighted by Gasteiger charge is -2.06. The summed E-state index contributed by atoms with van der Waals surface area (Å²) in [7, 11) is -3.85. The monoisotopic (exact) mass is 304 g/mol. The largest absolute Gasteiger partial charge is 0.390 e. The average molecular weight is 305 g/mol. The minimum atomic E-state index is -3.85. The zero-order chi connectivity index (χ0) is 14.0. The highest BCUT2D eigenvalue weighted by Gasteiger charge is 2.16. The van der Waals surface area contributed by atoms with E-state index in [1.807, 2.05) is 0 Å². The van der Waals surface area contributed by atoms with Gasteiger partial charge in [0.05, 0.1) is 12.3 Å². The van der Waals surface area contributed by atoms with Crippen LogP contribution in [0.2, 0.25) is 5.02 Å². The van der Waals surface area contributed by atoms with Gasteiger partial charge in [-0.05, 0) is 24.3 Å². The van der Waals surface area contributed by atoms with Crippen LogP contribution in [-0.2, 0) is 16.6 Å². The first kappa shape index (κ1) is 13.9. The van der Waals surface area contributed by atoms with Crippen molar-refractivity contribution in [3.63, 3.8) is 0 Å². The quantitative estimate of drug-likeness (QED) is 0.809. The first-order chi connectivity index (χ1) is 8.90. The van der Waals surface area contributed by atoms with Crippen molar-refractivity contribution in [2.45, 2.75) is 11.5 Å². The zero-order valence-electron chi connectivity index (χ0n) is 9.52. The first-order valence-electron chi connectivity index (χ1n) is 5.18. The summed E-state index contributed by atoms with van der Waals surface area (Å²) >= 11 is 5.64. The molecule has 0 saturated carbocycles. The second kappa shape index (κ2) is 5.20. The Balaban J connectivity index is 2.30. The molecular weight excluding hydrogens is 295 g/mol. The average Bonchev–Trinajstić information content (AvgIpc) is 2.75. The smallest absolute Gasteiger partial charge is 0.263 e. The maximum atomic E-state index is 13.1. The molecule has 8 heteroatoms. The molecule has 0 unspecified atom stereocenters. The maximum Gasteiger partial charge on any atom is 0.263 e. The van der Waals surface area contributed by atoms with E-state index < -0.39 is 15.8 Å². The van der Waals surface area contributed by atoms with Crippen LogP contribution in [0.3, 0.4) is 0 Å². The molecule has 2 aromatic rings. The number of anilines is 1. The second-order valence-corrected chi connectivity index (χ2v) is 5.90. The molecule has 0 radical (unpaired) electrons. The molecule has 1 aromatic carbocycles. The van der Waals surface area contributed by atoms with Gasteiger partial charge in [0.25, 0.3) is 10.0 Å². The van der Waals surface area contributed by atoms with Crippen molar-refractivity contribution >= 4 is 27.3 Å². The number of aromatic nitrogens is 1. The number of hydrogen-bond donors (Lipinski definition) is 3. The number of rotatable bonds is 4. The molecular formula is C11H10ClFN2O3S. The summed E-state index contributed by atoms with van der Waals surface area (Å²) in [5.74, 6) is -0.643. The summed E-state index contributed by atoms with van der Waals surface area (Å²) in [6.45, 7) is -0.304. The Labute approximate surface area is 114 Å². The number of H-pyrrole nitrogens is 1. The lowest BCUT2D eigenvalue weighted by Crippen LogP contribution is -2.12. The normalized spacial score (nSPS) is 11.5. The molecule has 1 aromatic heterocycles. The Morgan fingerprint density at radius 3 is 2.63 bits per heavy atom. The number of aliphatic hydroxyl groups is 1. The lowest BCUT2D eigenvalue weighted by atomic mass is 10.3. The van der Waals surface area contributed by atoms with Crippen molar-refractivity contribution in [3.05, 3.63) is 47.0 Å². The molecule has 0 bridgehead atoms. The van der Waals surface area contributed by atoms with Crippen molar-refractivity contribution in [1.82, 2.24) is 4.98 Å². The maximum absolute atomic E-state index is 13.1. The summed E-state index contributed by atoms with van der Waals surface area (Å²) in [6, 6.07) is 4.66. The lowest BCUT2D eigenvalue weighted by molar-refractivity contribution is 0.277. The van der Waals surface area contributed by atoms with E-state index in [2.05, 4.69) is 9.71 Å². The fraction of sp³-hybridized carbons (Fsp3) is 0.0909. The second-order valence-electron chi connectivity index (χ2n) is 3.78. The third kappa shape index (κ3) is 3.25. The summed E-state index contributed by atoms with van der Waals surface area (Å²) in [5, 5.41) is 8.95. The standard InChI is InChI=1S/C11H10ClFN2O3S/c12-7-1-8(13)3-9(2-7)15-19(17,18)11-4-10(6-16)14-5-11/h1-5,14-16H,6H2. The SMILES string of the molecule is O=S(=O)(Nc1cc(F)cc(Cl)c1)c1c[nH]c(CO)c1. The molecule has 102 valence electrons. The minimum absolute atomic E-state index is 0.0248. The van der Waals surface area contributed by atoms with Gasteiger partial charge < -0.3 is 10.1 Å². The van der Waals surface area contributed by atoms with Gasteiger partial charge in [-0.1, -0.05) is 11.6 Å². The molecule has 0 aliphatic carbocycles. The summed E-state index contributed by atoms with van der Waals surface area (Å²) in [5.41, 5.74) is 0.384. The van der Waals surface area contributed by atoms with Crippen LogP contribution in [0.25, 0.3) is 0 Å². The Hall–Kier alpha value is -1.57. The van der Waals surface area contributed by atoms with Crippen molar-refractivity contribution in [3.8, 4) is 0 Å². The van der Waals surface area contributed by atoms with Crippen molar-refractivity contribution in [2.24, 2.45) is 0 Å². The zero-order valence-corrected chi connectivity index (χ0v) is 11.1. The molecule has 0 spiro atoms. The van der Waals surface area contributed by atoms with E-state index in [0.717, 1.165) is 12.1 Å². The van der Waals surface area contributed by atoms with Gasteiger partial charge in [0, 0.05) is 16.9 Å². The summed E-state index contributed by atoms with van der Waals surface area (Å²) in [4.78, 5) is 2.54. The molecule has 0 amide bonds. The Morgan fingerprint density at radius 2 is 2.05 bits per heavy atom. The van der Waals surface area contributed by atoms with Crippen molar-refractivity contribution < 1.29 is 17.9 Å². The Bertz CT molecular complexity index is 679. The van der Waals surface area contributed by atoms with Crippen molar-refractivity contribution in [1.29, 1.82) is 0 Å². The van der Waals surface area contributed by atoms with Gasteiger partial charge in [0.15, 0.2) is 0 Å². The van der Waals surface area contributed by atoms with Crippen LogP contribution in [0.1, 0.15) is 5.69 Å². The topological polar surface area (TPSA) is 82.2 Å². The predicted molar refractivity (Wildman–Crippen MR) is 68.9 cm³/mol. The fourth-order valence-corrected chi connectivity index (χ4v) is 2.77. The van der Waals surface area contributed by atoms with Crippen LogP contribution in [-0.4, -0.2) is 18.5 Å². The van der Waals surface area contributed by atoms with E-state index in [-0.39, 0.29) is 22.2 Å². The minimum Gasteiger partial charge on any atom is -0.390 e. The first-order valence-corrected chi connectivity index (χ1v) is 7.04. The number of aromatic amines is 1. The van der Waals surface area contributed by atoms with E-state index in [4.69, 9.17) is 16.7 Å². The van der Waals surface area contributed by atoms with Crippen LogP contribution >= 0.6 is 11.6 Å². The van der Waals surface area contributed by atoms with Crippen LogP contribution in [0.15, 0.2) is 35.4 Å². The number of sulfonamides is 1. The van der Waals surface area contributed by atoms with Crippen LogP contribution in [0.5, 0.6) is 0 Å². The highest BCUT2D eigenvalue weighted by atomic mass is 35.5. The van der Waals surface area contributed by atoms with Crippen LogP contribution < -0.4 is 4.72 Å². The van der Waals surface area contributed by atoms with Gasteiger partial charge in [-0.3, -0.25) is 4.72 Å². The van der Waals surface area contributed by atoms with E-state index in [1.165, 1.54) is 18.3 Å². The molecule has 0 fully saturated rings. The molecule has 0 saturated heterocycles. The van der Waals surface area contributed by atoms with Crippen LogP contribution in [0.4, 0.5) is 10.1 Å². The van der Waals surface area contributed by atoms with Crippen molar-refractivity contribution in [2.75, 3.05) is 4.72 Å². The third-order valence-corrected chi connectivity index (χ3v) is 3.89. The number of hydrogen-bond acceptors (Lipinski definition) is 3. The molecule has 0 aliphatic rings. The molecule has 0 aliphatic heterocycles. The Morgan fingerprint density at radius 1 is 1.32 bits per heavy atom. The molecule has 1 heterocycles. The number of aliphatic hydroxyl groups excluding tert-OH is 1. The van der Waals surface area contributed by atoms with Gasteiger partial charge in [-0.15, -0.1) is 0 Å². The van der Waals surface area contributed by atoms with Crippen LogP contribution in [0, 0.1) is 5.82 Å². The van der Waals surface area contributed by atoms with Gasteiger partial charge >= 0.3 is 0 Å². The van der Waals surface area contributed by atoms with Gasteiger partial charge in [0.2, 0.25) is 0 Å². The van der Waals surface area contributed by atoms with E-state index in [9.17, 15) is 12.8 Å². The Kier molecular flexibility index (Phi) is 3.79. The summed E-state index contributed by atoms with van der Waals surface area (Å²) in [6.07, 6.45) is 1.23. The molecule has 2 rings (SSSR count). The molecule has 3 N–H and O–H groups in total. The molecule has 19 heavy (non-hydrogen) atoms. The molecule has 5 nitrogen and oxygen atoms in total. The number of nitrogens with one attached hydrogen (secondary N) is 2. The number of halogens is 2. The molecule has 0 atom stereocenters. The fourth-order valence-electron chi connectivity index (χ4n) is 1.49. The van der Waals surface area contributed by atoms with Gasteiger partial charge in [0.1, 0.15) is 10.7 Å². The van der Waals surface area contributed by atoms with E-state index in [1.54, 1.807) is 0 Å². The van der Waals surface area contributed by atoms with Gasteiger partial charge in [-0.25, -0.2) is 12.8 Å². The highest BCUT2D eigenvalue weighted by Crippen LogP contribution is 2.21. The third-order valence-electron chi connectivity index (χ3n) is 2.31. The highest BCUT2D eigenvalue weighted by molar-refractivity contribution is 7.92.